The number of para-hydroxylation sites is 2. The van der Waals surface area contributed by atoms with Crippen LogP contribution in [0.25, 0.3) is 0 Å². The fraction of sp³-hybridized carbons (Fsp3) is 0.333. The third-order valence-corrected chi connectivity index (χ3v) is 2.59. The van der Waals surface area contributed by atoms with Crippen LogP contribution in [0, 0.1) is 0 Å². The summed E-state index contributed by atoms with van der Waals surface area (Å²) in [5.41, 5.74) is 1.42. The summed E-state index contributed by atoms with van der Waals surface area (Å²) in [6.45, 7) is 0.429. The summed E-state index contributed by atoms with van der Waals surface area (Å²) in [6.07, 6.45) is 0.276. The lowest BCUT2D eigenvalue weighted by Crippen LogP contribution is -2.42. The molecule has 0 aliphatic carbocycles. The molecule has 0 atom stereocenters. The number of methoxy groups -OCH3 is 1. The molecule has 0 unspecified atom stereocenters. The van der Waals surface area contributed by atoms with Crippen LogP contribution in [-0.2, 0) is 14.3 Å². The van der Waals surface area contributed by atoms with Crippen LogP contribution in [0.2, 0.25) is 0 Å². The minimum absolute atomic E-state index is 0.0690. The van der Waals surface area contributed by atoms with Crippen molar-refractivity contribution in [2.75, 3.05) is 30.5 Å². The molecule has 5 heteroatoms. The zero-order valence-electron chi connectivity index (χ0n) is 9.60. The standard InChI is InChI=1S/C12H14N2O3/c1-17-7-6-12(16)14-8-11(15)13-9-4-2-3-5-10(9)14/h2-5H,6-8H2,1H3,(H,13,15). The van der Waals surface area contributed by atoms with Crippen molar-refractivity contribution >= 4 is 23.2 Å². The van der Waals surface area contributed by atoms with E-state index in [0.717, 1.165) is 5.69 Å². The number of carbonyl (C=O) groups excluding carboxylic acids is 2. The van der Waals surface area contributed by atoms with Crippen molar-refractivity contribution in [3.8, 4) is 0 Å². The number of anilines is 2. The number of benzene rings is 1. The van der Waals surface area contributed by atoms with E-state index in [1.165, 1.54) is 4.90 Å². The Hall–Kier alpha value is -1.88. The second-order valence-corrected chi connectivity index (χ2v) is 3.79. The fourth-order valence-electron chi connectivity index (χ4n) is 1.78. The van der Waals surface area contributed by atoms with E-state index < -0.39 is 0 Å². The maximum Gasteiger partial charge on any atom is 0.244 e. The monoisotopic (exact) mass is 234 g/mol. The smallest absolute Gasteiger partial charge is 0.244 e. The summed E-state index contributed by atoms with van der Waals surface area (Å²) < 4.78 is 4.87. The quantitative estimate of drug-likeness (QED) is 0.849. The van der Waals surface area contributed by atoms with Gasteiger partial charge in [-0.15, -0.1) is 0 Å². The second kappa shape index (κ2) is 4.97. The average Bonchev–Trinajstić information content (AvgIpc) is 2.34. The Morgan fingerprint density at radius 3 is 3.00 bits per heavy atom. The molecule has 0 spiro atoms. The van der Waals surface area contributed by atoms with Crippen molar-refractivity contribution in [1.82, 2.24) is 0 Å². The van der Waals surface area contributed by atoms with Crippen molar-refractivity contribution in [3.63, 3.8) is 0 Å². The van der Waals surface area contributed by atoms with Crippen LogP contribution < -0.4 is 10.2 Å². The van der Waals surface area contributed by atoms with Crippen molar-refractivity contribution in [1.29, 1.82) is 0 Å². The molecule has 2 amide bonds. The highest BCUT2D eigenvalue weighted by Crippen LogP contribution is 2.29. The third kappa shape index (κ3) is 2.45. The molecule has 1 aromatic carbocycles. The van der Waals surface area contributed by atoms with E-state index in [1.807, 2.05) is 18.2 Å². The Morgan fingerprint density at radius 2 is 2.24 bits per heavy atom. The Labute approximate surface area is 99.4 Å². The molecule has 0 fully saturated rings. The number of hydrogen-bond donors (Lipinski definition) is 1. The van der Waals surface area contributed by atoms with E-state index in [0.29, 0.717) is 12.3 Å². The molecular formula is C12H14N2O3. The molecule has 5 nitrogen and oxygen atoms in total. The number of nitrogens with one attached hydrogen (secondary N) is 1. The summed E-state index contributed by atoms with van der Waals surface area (Å²) in [6, 6.07) is 7.26. The van der Waals surface area contributed by atoms with Crippen LogP contribution in [0.3, 0.4) is 0 Å². The molecule has 17 heavy (non-hydrogen) atoms. The number of carbonyl (C=O) groups is 2. The molecule has 1 aromatic rings. The van der Waals surface area contributed by atoms with Crippen molar-refractivity contribution in [3.05, 3.63) is 24.3 Å². The molecule has 90 valence electrons. The average molecular weight is 234 g/mol. The van der Waals surface area contributed by atoms with Gasteiger partial charge in [0.2, 0.25) is 11.8 Å². The highest BCUT2D eigenvalue weighted by Gasteiger charge is 2.25. The fourth-order valence-corrected chi connectivity index (χ4v) is 1.78. The Bertz CT molecular complexity index is 445. The van der Waals surface area contributed by atoms with E-state index in [4.69, 9.17) is 4.74 Å². The largest absolute Gasteiger partial charge is 0.384 e. The van der Waals surface area contributed by atoms with Gasteiger partial charge in [-0.25, -0.2) is 0 Å². The minimum atomic E-state index is -0.172. The van der Waals surface area contributed by atoms with E-state index >= 15 is 0 Å². The van der Waals surface area contributed by atoms with E-state index in [-0.39, 0.29) is 24.8 Å². The Kier molecular flexibility index (Phi) is 3.39. The molecule has 0 radical (unpaired) electrons. The van der Waals surface area contributed by atoms with Gasteiger partial charge in [-0.2, -0.15) is 0 Å². The molecular weight excluding hydrogens is 220 g/mol. The lowest BCUT2D eigenvalue weighted by Gasteiger charge is -2.29. The van der Waals surface area contributed by atoms with Crippen LogP contribution in [0.1, 0.15) is 6.42 Å². The Balaban J connectivity index is 2.23. The molecule has 0 aromatic heterocycles. The van der Waals surface area contributed by atoms with Gasteiger partial charge in [0.1, 0.15) is 6.54 Å². The van der Waals surface area contributed by atoms with E-state index in [9.17, 15) is 9.59 Å². The Morgan fingerprint density at radius 1 is 1.47 bits per heavy atom. The molecule has 1 aliphatic rings. The summed E-state index contributed by atoms with van der Waals surface area (Å²) in [4.78, 5) is 24.9. The van der Waals surface area contributed by atoms with Gasteiger partial charge in [-0.05, 0) is 12.1 Å². The van der Waals surface area contributed by atoms with Gasteiger partial charge in [0.25, 0.3) is 0 Å². The maximum absolute atomic E-state index is 11.9. The number of rotatable bonds is 3. The molecule has 1 aliphatic heterocycles. The van der Waals surface area contributed by atoms with Gasteiger partial charge in [-0.3, -0.25) is 9.59 Å². The summed E-state index contributed by atoms with van der Waals surface area (Å²) in [5.74, 6) is -0.274. The topological polar surface area (TPSA) is 58.6 Å². The third-order valence-electron chi connectivity index (χ3n) is 2.59. The highest BCUT2D eigenvalue weighted by atomic mass is 16.5. The van der Waals surface area contributed by atoms with Gasteiger partial charge in [0.05, 0.1) is 24.4 Å². The van der Waals surface area contributed by atoms with Crippen molar-refractivity contribution in [2.45, 2.75) is 6.42 Å². The number of nitrogens with zero attached hydrogens (tertiary/aromatic N) is 1. The summed E-state index contributed by atoms with van der Waals surface area (Å²) in [7, 11) is 1.55. The predicted octanol–water partition coefficient (Wildman–Crippen LogP) is 1.01. The first kappa shape index (κ1) is 11.6. The number of hydrogen-bond acceptors (Lipinski definition) is 3. The zero-order chi connectivity index (χ0) is 12.3. The van der Waals surface area contributed by atoms with Crippen LogP contribution in [0.4, 0.5) is 11.4 Å². The minimum Gasteiger partial charge on any atom is -0.384 e. The second-order valence-electron chi connectivity index (χ2n) is 3.79. The molecule has 0 saturated heterocycles. The lowest BCUT2D eigenvalue weighted by molar-refractivity contribution is -0.122. The number of amides is 2. The normalized spacial score (nSPS) is 14.2. The van der Waals surface area contributed by atoms with Gasteiger partial charge in [0, 0.05) is 7.11 Å². The first-order valence-electron chi connectivity index (χ1n) is 5.40. The molecule has 1 N–H and O–H groups in total. The van der Waals surface area contributed by atoms with Crippen LogP contribution >= 0.6 is 0 Å². The van der Waals surface area contributed by atoms with E-state index in [1.54, 1.807) is 13.2 Å². The molecule has 0 saturated carbocycles. The zero-order valence-corrected chi connectivity index (χ0v) is 9.60. The van der Waals surface area contributed by atoms with Gasteiger partial charge in [0.15, 0.2) is 0 Å². The van der Waals surface area contributed by atoms with Gasteiger partial charge in [-0.1, -0.05) is 12.1 Å². The van der Waals surface area contributed by atoms with Crippen LogP contribution in [0.5, 0.6) is 0 Å². The summed E-state index contributed by atoms with van der Waals surface area (Å²) >= 11 is 0. The molecule has 2 rings (SSSR count). The van der Waals surface area contributed by atoms with E-state index in [2.05, 4.69) is 5.32 Å². The van der Waals surface area contributed by atoms with Gasteiger partial charge < -0.3 is 15.0 Å². The van der Waals surface area contributed by atoms with Crippen molar-refractivity contribution < 1.29 is 14.3 Å². The first-order chi connectivity index (χ1) is 8.22. The van der Waals surface area contributed by atoms with Crippen LogP contribution in [0.15, 0.2) is 24.3 Å². The van der Waals surface area contributed by atoms with Gasteiger partial charge >= 0.3 is 0 Å². The van der Waals surface area contributed by atoms with Crippen molar-refractivity contribution in [2.24, 2.45) is 0 Å². The number of ether oxygens (including phenoxy) is 1. The summed E-state index contributed by atoms with van der Waals surface area (Å²) in [5, 5.41) is 2.74. The van der Waals surface area contributed by atoms with Crippen LogP contribution in [-0.4, -0.2) is 32.1 Å². The predicted molar refractivity (Wildman–Crippen MR) is 63.9 cm³/mol. The first-order valence-corrected chi connectivity index (χ1v) is 5.40. The maximum atomic E-state index is 11.9. The highest BCUT2D eigenvalue weighted by molar-refractivity contribution is 6.09. The molecule has 1 heterocycles. The lowest BCUT2D eigenvalue weighted by atomic mass is 10.2. The number of fused-ring (bicyclic) bond motifs is 1. The SMILES string of the molecule is COCCC(=O)N1CC(=O)Nc2ccccc21. The molecule has 0 bridgehead atoms.